The molecule has 20 heavy (non-hydrogen) atoms. The maximum atomic E-state index is 12.5. The van der Waals surface area contributed by atoms with E-state index in [2.05, 4.69) is 0 Å². The van der Waals surface area contributed by atoms with E-state index < -0.39 is 15.1 Å². The second-order valence-electron chi connectivity index (χ2n) is 5.34. The molecule has 2 unspecified atom stereocenters. The lowest BCUT2D eigenvalue weighted by atomic mass is 9.83. The SMILES string of the molecule is CS(=O)(=O)C1CCCC(C(=O)c2cc(Cl)cc(Cl)c2)C1. The number of benzene rings is 1. The van der Waals surface area contributed by atoms with Crippen LogP contribution < -0.4 is 0 Å². The van der Waals surface area contributed by atoms with Crippen molar-refractivity contribution in [2.75, 3.05) is 6.26 Å². The Hall–Kier alpha value is -0.580. The number of Topliss-reactive ketones (excluding diaryl/α,β-unsaturated/α-hetero) is 1. The lowest BCUT2D eigenvalue weighted by Crippen LogP contribution is -2.31. The van der Waals surface area contributed by atoms with E-state index in [0.29, 0.717) is 28.5 Å². The van der Waals surface area contributed by atoms with Crippen LogP contribution in [0, 0.1) is 5.92 Å². The molecule has 0 heterocycles. The Morgan fingerprint density at radius 3 is 2.30 bits per heavy atom. The van der Waals surface area contributed by atoms with Gasteiger partial charge in [0.05, 0.1) is 5.25 Å². The molecule has 0 radical (unpaired) electrons. The minimum Gasteiger partial charge on any atom is -0.294 e. The largest absolute Gasteiger partial charge is 0.294 e. The van der Waals surface area contributed by atoms with Crippen LogP contribution in [0.5, 0.6) is 0 Å². The van der Waals surface area contributed by atoms with Crippen LogP contribution >= 0.6 is 23.2 Å². The summed E-state index contributed by atoms with van der Waals surface area (Å²) in [4.78, 5) is 12.5. The number of rotatable bonds is 3. The number of hydrogen-bond donors (Lipinski definition) is 0. The summed E-state index contributed by atoms with van der Waals surface area (Å²) in [6, 6.07) is 4.74. The van der Waals surface area contributed by atoms with Crippen molar-refractivity contribution in [3.05, 3.63) is 33.8 Å². The summed E-state index contributed by atoms with van der Waals surface area (Å²) in [5, 5.41) is 0.410. The Morgan fingerprint density at radius 2 is 1.75 bits per heavy atom. The smallest absolute Gasteiger partial charge is 0.166 e. The first-order chi connectivity index (χ1) is 9.27. The van der Waals surface area contributed by atoms with Gasteiger partial charge in [0.25, 0.3) is 0 Å². The van der Waals surface area contributed by atoms with Gasteiger partial charge in [0.1, 0.15) is 9.84 Å². The molecule has 3 nitrogen and oxygen atoms in total. The predicted molar refractivity (Wildman–Crippen MR) is 81.4 cm³/mol. The molecule has 1 fully saturated rings. The fourth-order valence-corrected chi connectivity index (χ4v) is 4.41. The molecular formula is C14H16Cl2O3S. The summed E-state index contributed by atoms with van der Waals surface area (Å²) in [5.74, 6) is -0.333. The van der Waals surface area contributed by atoms with Crippen molar-refractivity contribution in [1.29, 1.82) is 0 Å². The van der Waals surface area contributed by atoms with Gasteiger partial charge in [-0.05, 0) is 37.5 Å². The molecule has 0 amide bonds. The average molecular weight is 335 g/mol. The molecule has 1 aromatic carbocycles. The highest BCUT2D eigenvalue weighted by molar-refractivity contribution is 7.91. The first-order valence-corrected chi connectivity index (χ1v) is 9.17. The normalized spacial score (nSPS) is 23.6. The van der Waals surface area contributed by atoms with E-state index in [4.69, 9.17) is 23.2 Å². The van der Waals surface area contributed by atoms with Crippen molar-refractivity contribution in [1.82, 2.24) is 0 Å². The van der Waals surface area contributed by atoms with Gasteiger partial charge in [-0.1, -0.05) is 29.6 Å². The van der Waals surface area contributed by atoms with Crippen molar-refractivity contribution in [2.24, 2.45) is 5.92 Å². The van der Waals surface area contributed by atoms with Gasteiger partial charge >= 0.3 is 0 Å². The third-order valence-corrected chi connectivity index (χ3v) is 5.83. The fourth-order valence-electron chi connectivity index (χ4n) is 2.70. The van der Waals surface area contributed by atoms with Gasteiger partial charge < -0.3 is 0 Å². The number of ketones is 1. The molecule has 1 aliphatic carbocycles. The number of hydrogen-bond acceptors (Lipinski definition) is 3. The van der Waals surface area contributed by atoms with Crippen LogP contribution in [0.2, 0.25) is 10.0 Å². The van der Waals surface area contributed by atoms with Gasteiger partial charge in [-0.25, -0.2) is 8.42 Å². The molecule has 0 spiro atoms. The minimum atomic E-state index is -3.10. The van der Waals surface area contributed by atoms with Crippen LogP contribution in [0.1, 0.15) is 36.0 Å². The van der Waals surface area contributed by atoms with Crippen molar-refractivity contribution in [3.63, 3.8) is 0 Å². The number of carbonyl (C=O) groups excluding carboxylic acids is 1. The number of sulfone groups is 1. The lowest BCUT2D eigenvalue weighted by molar-refractivity contribution is 0.0891. The highest BCUT2D eigenvalue weighted by atomic mass is 35.5. The van der Waals surface area contributed by atoms with Gasteiger partial charge in [0.15, 0.2) is 5.78 Å². The van der Waals surface area contributed by atoms with E-state index in [1.54, 1.807) is 18.2 Å². The molecule has 6 heteroatoms. The van der Waals surface area contributed by atoms with E-state index in [1.165, 1.54) is 6.26 Å². The summed E-state index contributed by atoms with van der Waals surface area (Å²) in [5.41, 5.74) is 0.460. The summed E-state index contributed by atoms with van der Waals surface area (Å²) >= 11 is 11.8. The van der Waals surface area contributed by atoms with Crippen LogP contribution in [0.25, 0.3) is 0 Å². The Kier molecular flexibility index (Phi) is 4.77. The molecule has 110 valence electrons. The zero-order valence-electron chi connectivity index (χ0n) is 11.1. The Labute approximate surface area is 129 Å². The Balaban J connectivity index is 2.20. The molecule has 0 N–H and O–H groups in total. The average Bonchev–Trinajstić information content (AvgIpc) is 2.36. The second kappa shape index (κ2) is 6.04. The number of halogens is 2. The van der Waals surface area contributed by atoms with Crippen molar-refractivity contribution in [2.45, 2.75) is 30.9 Å². The van der Waals surface area contributed by atoms with Crippen molar-refractivity contribution < 1.29 is 13.2 Å². The fraction of sp³-hybridized carbons (Fsp3) is 0.500. The summed E-state index contributed by atoms with van der Waals surface area (Å²) in [6.07, 6.45) is 3.74. The highest BCUT2D eigenvalue weighted by Crippen LogP contribution is 2.32. The third-order valence-electron chi connectivity index (χ3n) is 3.75. The maximum Gasteiger partial charge on any atom is 0.166 e. The molecule has 0 saturated heterocycles. The van der Waals surface area contributed by atoms with Crippen LogP contribution in [0.3, 0.4) is 0 Å². The van der Waals surface area contributed by atoms with Crippen LogP contribution in [0.4, 0.5) is 0 Å². The van der Waals surface area contributed by atoms with E-state index in [9.17, 15) is 13.2 Å². The molecule has 2 rings (SSSR count). The zero-order chi connectivity index (χ0) is 14.9. The molecule has 1 aliphatic rings. The van der Waals surface area contributed by atoms with E-state index >= 15 is 0 Å². The number of carbonyl (C=O) groups is 1. The predicted octanol–water partition coefficient (Wildman–Crippen LogP) is 3.78. The molecule has 0 aliphatic heterocycles. The van der Waals surface area contributed by atoms with Crippen LogP contribution in [-0.4, -0.2) is 25.7 Å². The lowest BCUT2D eigenvalue weighted by Gasteiger charge is -2.27. The highest BCUT2D eigenvalue weighted by Gasteiger charge is 2.32. The first-order valence-electron chi connectivity index (χ1n) is 6.46. The molecule has 1 aromatic rings. The molecular weight excluding hydrogens is 319 g/mol. The van der Waals surface area contributed by atoms with Gasteiger partial charge in [0, 0.05) is 27.8 Å². The summed E-state index contributed by atoms with van der Waals surface area (Å²) in [7, 11) is -3.10. The van der Waals surface area contributed by atoms with Crippen LogP contribution in [0.15, 0.2) is 18.2 Å². The quantitative estimate of drug-likeness (QED) is 0.790. The Morgan fingerprint density at radius 1 is 1.15 bits per heavy atom. The topological polar surface area (TPSA) is 51.2 Å². The van der Waals surface area contributed by atoms with Gasteiger partial charge in [-0.2, -0.15) is 0 Å². The Bertz CT molecular complexity index is 605. The van der Waals surface area contributed by atoms with Gasteiger partial charge in [-0.15, -0.1) is 0 Å². The third kappa shape index (κ3) is 3.74. The minimum absolute atomic E-state index is 0.0669. The molecule has 0 aromatic heterocycles. The molecule has 0 bridgehead atoms. The van der Waals surface area contributed by atoms with Crippen molar-refractivity contribution >= 4 is 38.8 Å². The maximum absolute atomic E-state index is 12.5. The van der Waals surface area contributed by atoms with Crippen LogP contribution in [-0.2, 0) is 9.84 Å². The van der Waals surface area contributed by atoms with Gasteiger partial charge in [0.2, 0.25) is 0 Å². The van der Waals surface area contributed by atoms with E-state index in [0.717, 1.165) is 12.8 Å². The van der Waals surface area contributed by atoms with E-state index in [1.807, 2.05) is 0 Å². The van der Waals surface area contributed by atoms with Crippen molar-refractivity contribution in [3.8, 4) is 0 Å². The van der Waals surface area contributed by atoms with E-state index in [-0.39, 0.29) is 11.7 Å². The summed E-state index contributed by atoms with van der Waals surface area (Å²) in [6.45, 7) is 0. The zero-order valence-corrected chi connectivity index (χ0v) is 13.4. The molecule has 2 atom stereocenters. The second-order valence-corrected chi connectivity index (χ2v) is 8.54. The monoisotopic (exact) mass is 334 g/mol. The summed E-state index contributed by atoms with van der Waals surface area (Å²) < 4.78 is 23.3. The first kappa shape index (κ1) is 15.8. The molecule has 1 saturated carbocycles. The van der Waals surface area contributed by atoms with Gasteiger partial charge in [-0.3, -0.25) is 4.79 Å². The standard InChI is InChI=1S/C14H16Cl2O3S/c1-20(18,19)13-4-2-3-9(7-13)14(17)10-5-11(15)8-12(16)6-10/h5-6,8-9,13H,2-4,7H2,1H3.